The molecular weight excluding hydrogens is 394 g/mol. The van der Waals surface area contributed by atoms with Crippen LogP contribution in [-0.2, 0) is 9.63 Å². The summed E-state index contributed by atoms with van der Waals surface area (Å²) in [7, 11) is 5.31. The Morgan fingerprint density at radius 1 is 1.19 bits per heavy atom. The molecule has 1 heterocycles. The Kier molecular flexibility index (Phi) is 5.86. The van der Waals surface area contributed by atoms with Crippen molar-refractivity contribution < 1.29 is 9.63 Å². The van der Waals surface area contributed by atoms with Gasteiger partial charge >= 0.3 is 0 Å². The van der Waals surface area contributed by atoms with Crippen molar-refractivity contribution in [3.8, 4) is 0 Å². The first-order valence-electron chi connectivity index (χ1n) is 8.39. The predicted octanol–water partition coefficient (Wildman–Crippen LogP) is 3.78. The quantitative estimate of drug-likeness (QED) is 0.349. The highest BCUT2D eigenvalue weighted by atomic mass is 79.9. The third kappa shape index (κ3) is 3.72. The van der Waals surface area contributed by atoms with E-state index in [0.29, 0.717) is 6.54 Å². The summed E-state index contributed by atoms with van der Waals surface area (Å²) >= 11 is 3.27. The second-order valence-electron chi connectivity index (χ2n) is 6.27. The summed E-state index contributed by atoms with van der Waals surface area (Å²) in [6, 6.07) is 14.3. The number of likely N-dealkylation sites (N-methyl/N-ethyl adjacent to an activating group) is 2. The average Bonchev–Trinajstić information content (AvgIpc) is 2.70. The minimum absolute atomic E-state index is 0.0237. The van der Waals surface area contributed by atoms with Gasteiger partial charge in [0, 0.05) is 37.6 Å². The van der Waals surface area contributed by atoms with Crippen molar-refractivity contribution >= 4 is 43.5 Å². The first kappa shape index (κ1) is 18.8. The van der Waals surface area contributed by atoms with Crippen LogP contribution in [0.25, 0.3) is 21.7 Å². The molecular formula is C20H22BrN3O2. The van der Waals surface area contributed by atoms with E-state index in [9.17, 15) is 4.79 Å². The van der Waals surface area contributed by atoms with Gasteiger partial charge in [-0.3, -0.25) is 9.78 Å². The lowest BCUT2D eigenvalue weighted by Gasteiger charge is -2.31. The zero-order valence-electron chi connectivity index (χ0n) is 15.1. The molecule has 3 aromatic rings. The van der Waals surface area contributed by atoms with E-state index < -0.39 is 0 Å². The van der Waals surface area contributed by atoms with Crippen LogP contribution in [0.3, 0.4) is 0 Å². The summed E-state index contributed by atoms with van der Waals surface area (Å²) in [5, 5.41) is 5.37. The van der Waals surface area contributed by atoms with Gasteiger partial charge in [-0.1, -0.05) is 46.3 Å². The molecule has 0 aliphatic heterocycles. The second-order valence-corrected chi connectivity index (χ2v) is 6.83. The van der Waals surface area contributed by atoms with Crippen LogP contribution in [0.4, 0.5) is 0 Å². The third-order valence-corrected chi connectivity index (χ3v) is 5.20. The molecule has 0 bridgehead atoms. The number of alkyl halides is 1. The number of carbonyl (C=O) groups excluding carboxylic acids is 1. The maximum Gasteiger partial charge on any atom is 0.233 e. The number of pyridine rings is 1. The van der Waals surface area contributed by atoms with Crippen LogP contribution in [0.1, 0.15) is 11.6 Å². The molecule has 136 valence electrons. The Bertz CT molecular complexity index is 931. The molecule has 26 heavy (non-hydrogen) atoms. The van der Waals surface area contributed by atoms with Crippen LogP contribution in [0, 0.1) is 0 Å². The Morgan fingerprint density at radius 3 is 2.69 bits per heavy atom. The number of amides is 1. The van der Waals surface area contributed by atoms with Crippen molar-refractivity contribution in [3.05, 3.63) is 54.2 Å². The fourth-order valence-electron chi connectivity index (χ4n) is 3.12. The number of halogens is 1. The topological polar surface area (TPSA) is 45.7 Å². The number of fused-ring (bicyclic) bond motifs is 3. The smallest absolute Gasteiger partial charge is 0.233 e. The molecule has 0 spiro atoms. The molecule has 1 aromatic heterocycles. The summed E-state index contributed by atoms with van der Waals surface area (Å²) in [5.41, 5.74) is 2.00. The molecule has 0 saturated heterocycles. The number of hydrogen-bond donors (Lipinski definition) is 0. The molecule has 0 N–H and O–H groups in total. The summed E-state index contributed by atoms with van der Waals surface area (Å²) in [6.07, 6.45) is 1.90. The van der Waals surface area contributed by atoms with Crippen LogP contribution in [-0.4, -0.2) is 53.9 Å². The van der Waals surface area contributed by atoms with E-state index in [2.05, 4.69) is 39.1 Å². The Balaban J connectivity index is 2.11. The lowest BCUT2D eigenvalue weighted by atomic mass is 9.99. The van der Waals surface area contributed by atoms with Crippen molar-refractivity contribution in [1.82, 2.24) is 14.9 Å². The van der Waals surface area contributed by atoms with Gasteiger partial charge in [0.2, 0.25) is 5.91 Å². The first-order chi connectivity index (χ1) is 12.5. The van der Waals surface area contributed by atoms with Crippen molar-refractivity contribution in [1.29, 1.82) is 0 Å². The molecule has 0 aliphatic carbocycles. The molecule has 6 heteroatoms. The normalized spacial score (nSPS) is 12.7. The SMILES string of the molecule is CON(C)CC(c1ccc2ncc3ccccc3c2c1)N(C)C(=O)CBr. The lowest BCUT2D eigenvalue weighted by molar-refractivity contribution is -0.138. The Hall–Kier alpha value is -2.02. The highest BCUT2D eigenvalue weighted by Gasteiger charge is 2.23. The number of nitrogens with zero attached hydrogens (tertiary/aromatic N) is 3. The van der Waals surface area contributed by atoms with E-state index in [1.54, 1.807) is 17.1 Å². The van der Waals surface area contributed by atoms with Gasteiger partial charge < -0.3 is 9.74 Å². The van der Waals surface area contributed by atoms with E-state index in [1.165, 1.54) is 0 Å². The summed E-state index contributed by atoms with van der Waals surface area (Å²) in [4.78, 5) is 23.9. The maximum atomic E-state index is 12.3. The third-order valence-electron chi connectivity index (χ3n) is 4.72. The summed E-state index contributed by atoms with van der Waals surface area (Å²) in [6.45, 7) is 0.565. The van der Waals surface area contributed by atoms with Gasteiger partial charge in [0.25, 0.3) is 0 Å². The lowest BCUT2D eigenvalue weighted by Crippen LogP contribution is -2.38. The van der Waals surface area contributed by atoms with Crippen molar-refractivity contribution in [2.45, 2.75) is 6.04 Å². The Morgan fingerprint density at radius 2 is 1.96 bits per heavy atom. The standard InChI is InChI=1S/C20H22BrN3O2/c1-23(26-3)13-19(24(2)20(25)11-21)14-8-9-18-17(10-14)16-7-5-4-6-15(16)12-22-18/h4-10,12,19H,11,13H2,1-3H3. The fourth-order valence-corrected chi connectivity index (χ4v) is 3.52. The van der Waals surface area contributed by atoms with E-state index in [4.69, 9.17) is 4.84 Å². The van der Waals surface area contributed by atoms with Gasteiger partial charge in [0.05, 0.1) is 24.0 Å². The molecule has 0 radical (unpaired) electrons. The van der Waals surface area contributed by atoms with Crippen LogP contribution in [0.5, 0.6) is 0 Å². The average molecular weight is 416 g/mol. The van der Waals surface area contributed by atoms with E-state index >= 15 is 0 Å². The summed E-state index contributed by atoms with van der Waals surface area (Å²) in [5.74, 6) is 0.0237. The molecule has 0 saturated carbocycles. The van der Waals surface area contributed by atoms with E-state index in [-0.39, 0.29) is 17.3 Å². The number of hydroxylamine groups is 2. The molecule has 0 fully saturated rings. The number of hydrogen-bond acceptors (Lipinski definition) is 4. The number of benzene rings is 2. The van der Waals surface area contributed by atoms with Gasteiger partial charge in [-0.25, -0.2) is 0 Å². The highest BCUT2D eigenvalue weighted by Crippen LogP contribution is 2.29. The molecule has 2 aromatic carbocycles. The number of rotatable bonds is 6. The van der Waals surface area contributed by atoms with Crippen LogP contribution >= 0.6 is 15.9 Å². The predicted molar refractivity (Wildman–Crippen MR) is 108 cm³/mol. The van der Waals surface area contributed by atoms with Crippen molar-refractivity contribution in [2.24, 2.45) is 0 Å². The van der Waals surface area contributed by atoms with Crippen LogP contribution in [0.15, 0.2) is 48.7 Å². The number of aromatic nitrogens is 1. The zero-order valence-corrected chi connectivity index (χ0v) is 16.7. The minimum atomic E-state index is -0.131. The fraction of sp³-hybridized carbons (Fsp3) is 0.300. The maximum absolute atomic E-state index is 12.3. The second kappa shape index (κ2) is 8.12. The largest absolute Gasteiger partial charge is 0.337 e. The monoisotopic (exact) mass is 415 g/mol. The minimum Gasteiger partial charge on any atom is -0.337 e. The van der Waals surface area contributed by atoms with Crippen LogP contribution < -0.4 is 0 Å². The van der Waals surface area contributed by atoms with Gasteiger partial charge in [-0.05, 0) is 23.1 Å². The van der Waals surface area contributed by atoms with E-state index in [1.807, 2.05) is 44.6 Å². The van der Waals surface area contributed by atoms with E-state index in [0.717, 1.165) is 27.2 Å². The molecule has 1 amide bonds. The van der Waals surface area contributed by atoms with Crippen molar-refractivity contribution in [2.75, 3.05) is 33.1 Å². The highest BCUT2D eigenvalue weighted by molar-refractivity contribution is 9.09. The molecule has 3 rings (SSSR count). The van der Waals surface area contributed by atoms with Crippen molar-refractivity contribution in [3.63, 3.8) is 0 Å². The van der Waals surface area contributed by atoms with Gasteiger partial charge in [-0.2, -0.15) is 5.06 Å². The zero-order chi connectivity index (χ0) is 18.7. The first-order valence-corrected chi connectivity index (χ1v) is 9.51. The van der Waals surface area contributed by atoms with Crippen LogP contribution in [0.2, 0.25) is 0 Å². The molecule has 1 atom stereocenters. The van der Waals surface area contributed by atoms with Gasteiger partial charge in [-0.15, -0.1) is 0 Å². The van der Waals surface area contributed by atoms with Gasteiger partial charge in [0.1, 0.15) is 0 Å². The molecule has 0 aliphatic rings. The Labute approximate surface area is 161 Å². The van der Waals surface area contributed by atoms with Gasteiger partial charge in [0.15, 0.2) is 0 Å². The molecule has 1 unspecified atom stereocenters. The molecule has 5 nitrogen and oxygen atoms in total. The number of carbonyl (C=O) groups is 1. The summed E-state index contributed by atoms with van der Waals surface area (Å²) < 4.78 is 0.